The van der Waals surface area contributed by atoms with Gasteiger partial charge in [0, 0.05) is 16.8 Å². The van der Waals surface area contributed by atoms with Crippen LogP contribution in [-0.2, 0) is 11.3 Å². The van der Waals surface area contributed by atoms with E-state index in [9.17, 15) is 9.59 Å². The first kappa shape index (κ1) is 20.9. The predicted octanol–water partition coefficient (Wildman–Crippen LogP) is 3.46. The van der Waals surface area contributed by atoms with Crippen LogP contribution in [0.5, 0.6) is 11.5 Å². The maximum Gasteiger partial charge on any atom is 0.255 e. The van der Waals surface area contributed by atoms with E-state index in [0.29, 0.717) is 39.6 Å². The average Bonchev–Trinajstić information content (AvgIpc) is 3.16. The van der Waals surface area contributed by atoms with Gasteiger partial charge in [0.1, 0.15) is 23.9 Å². The van der Waals surface area contributed by atoms with Gasteiger partial charge in [-0.15, -0.1) is 0 Å². The second-order valence-corrected chi connectivity index (χ2v) is 7.11. The van der Waals surface area contributed by atoms with Crippen molar-refractivity contribution in [1.82, 2.24) is 9.55 Å². The molecular formula is C24H22N4O4. The number of nitrogens with two attached hydrogens (primary N) is 1. The normalized spacial score (nSPS) is 10.7. The third-order valence-corrected chi connectivity index (χ3v) is 5.00. The Morgan fingerprint density at radius 2 is 1.72 bits per heavy atom. The van der Waals surface area contributed by atoms with Gasteiger partial charge in [-0.1, -0.05) is 12.1 Å². The molecule has 3 N–H and O–H groups in total. The van der Waals surface area contributed by atoms with Crippen molar-refractivity contribution in [3.63, 3.8) is 0 Å². The van der Waals surface area contributed by atoms with E-state index in [1.54, 1.807) is 61.3 Å². The Morgan fingerprint density at radius 3 is 2.41 bits per heavy atom. The van der Waals surface area contributed by atoms with Gasteiger partial charge in [-0.2, -0.15) is 0 Å². The molecule has 0 spiro atoms. The number of imidazole rings is 1. The van der Waals surface area contributed by atoms with E-state index in [4.69, 9.17) is 15.2 Å². The summed E-state index contributed by atoms with van der Waals surface area (Å²) in [6, 6.07) is 19.6. The van der Waals surface area contributed by atoms with E-state index in [1.165, 1.54) is 0 Å². The summed E-state index contributed by atoms with van der Waals surface area (Å²) in [6.45, 7) is -0.0412. The SMILES string of the molecule is COc1ccc(NC(=O)c2ccc3c(c2)nc(-c2cccc(OC)c2)n3CC(N)=O)cc1. The van der Waals surface area contributed by atoms with Crippen molar-refractivity contribution < 1.29 is 19.1 Å². The molecule has 32 heavy (non-hydrogen) atoms. The number of aromatic nitrogens is 2. The van der Waals surface area contributed by atoms with E-state index in [1.807, 2.05) is 24.3 Å². The summed E-state index contributed by atoms with van der Waals surface area (Å²) in [5.41, 5.74) is 8.60. The van der Waals surface area contributed by atoms with E-state index < -0.39 is 5.91 Å². The van der Waals surface area contributed by atoms with Crippen LogP contribution in [0, 0.1) is 0 Å². The van der Waals surface area contributed by atoms with Crippen LogP contribution >= 0.6 is 0 Å². The molecule has 8 nitrogen and oxygen atoms in total. The number of anilines is 1. The van der Waals surface area contributed by atoms with Crippen LogP contribution in [0.3, 0.4) is 0 Å². The zero-order valence-electron chi connectivity index (χ0n) is 17.7. The summed E-state index contributed by atoms with van der Waals surface area (Å²) in [6.07, 6.45) is 0. The Labute approximate surface area is 184 Å². The lowest BCUT2D eigenvalue weighted by molar-refractivity contribution is -0.118. The molecule has 0 atom stereocenters. The summed E-state index contributed by atoms with van der Waals surface area (Å²) in [5, 5.41) is 2.85. The molecule has 162 valence electrons. The number of primary amides is 1. The number of amides is 2. The average molecular weight is 430 g/mol. The van der Waals surface area contributed by atoms with Crippen LogP contribution in [0.15, 0.2) is 66.7 Å². The smallest absolute Gasteiger partial charge is 0.255 e. The molecule has 0 unspecified atom stereocenters. The number of hydrogen-bond donors (Lipinski definition) is 2. The monoisotopic (exact) mass is 430 g/mol. The molecule has 1 aromatic heterocycles. The molecular weight excluding hydrogens is 408 g/mol. The fourth-order valence-corrected chi connectivity index (χ4v) is 3.45. The molecule has 8 heteroatoms. The van der Waals surface area contributed by atoms with Crippen LogP contribution < -0.4 is 20.5 Å². The van der Waals surface area contributed by atoms with Crippen molar-refractivity contribution in [2.75, 3.05) is 19.5 Å². The zero-order valence-corrected chi connectivity index (χ0v) is 17.7. The lowest BCUT2D eigenvalue weighted by Crippen LogP contribution is -2.19. The molecule has 4 rings (SSSR count). The molecule has 0 aliphatic heterocycles. The van der Waals surface area contributed by atoms with E-state index in [-0.39, 0.29) is 12.5 Å². The molecule has 2 amide bonds. The summed E-state index contributed by atoms with van der Waals surface area (Å²) < 4.78 is 12.2. The number of rotatable bonds is 7. The number of nitrogens with one attached hydrogen (secondary N) is 1. The van der Waals surface area contributed by atoms with Crippen LogP contribution in [-0.4, -0.2) is 35.6 Å². The number of ether oxygens (including phenoxy) is 2. The quantitative estimate of drug-likeness (QED) is 0.467. The molecule has 3 aromatic carbocycles. The third-order valence-electron chi connectivity index (χ3n) is 5.00. The molecule has 0 saturated carbocycles. The maximum absolute atomic E-state index is 12.8. The minimum atomic E-state index is -0.491. The standard InChI is InChI=1S/C24H22N4O4/c1-31-18-9-7-17(8-10-18)26-24(30)16-6-11-21-20(13-16)27-23(28(21)14-22(25)29)15-4-3-5-19(12-15)32-2/h3-13H,14H2,1-2H3,(H2,25,29)(H,26,30). The van der Waals surface area contributed by atoms with Crippen molar-refractivity contribution in [1.29, 1.82) is 0 Å². The topological polar surface area (TPSA) is 108 Å². The van der Waals surface area contributed by atoms with Gasteiger partial charge in [0.15, 0.2) is 0 Å². The highest BCUT2D eigenvalue weighted by Crippen LogP contribution is 2.28. The van der Waals surface area contributed by atoms with Gasteiger partial charge in [-0.3, -0.25) is 9.59 Å². The van der Waals surface area contributed by atoms with Crippen molar-refractivity contribution in [2.45, 2.75) is 6.54 Å². The number of methoxy groups -OCH3 is 2. The van der Waals surface area contributed by atoms with Crippen LogP contribution in [0.4, 0.5) is 5.69 Å². The maximum atomic E-state index is 12.8. The zero-order chi connectivity index (χ0) is 22.7. The van der Waals surface area contributed by atoms with Gasteiger partial charge in [0.25, 0.3) is 5.91 Å². The Bertz CT molecular complexity index is 1300. The highest BCUT2D eigenvalue weighted by Gasteiger charge is 2.17. The minimum Gasteiger partial charge on any atom is -0.497 e. The van der Waals surface area contributed by atoms with Crippen molar-refractivity contribution in [2.24, 2.45) is 5.73 Å². The Hall–Kier alpha value is -4.33. The van der Waals surface area contributed by atoms with Gasteiger partial charge >= 0.3 is 0 Å². The molecule has 0 aliphatic carbocycles. The van der Waals surface area contributed by atoms with Gasteiger partial charge < -0.3 is 25.1 Å². The van der Waals surface area contributed by atoms with Crippen LogP contribution in [0.1, 0.15) is 10.4 Å². The van der Waals surface area contributed by atoms with Crippen LogP contribution in [0.2, 0.25) is 0 Å². The van der Waals surface area contributed by atoms with Gasteiger partial charge in [0.2, 0.25) is 5.91 Å². The van der Waals surface area contributed by atoms with Gasteiger partial charge in [-0.25, -0.2) is 4.98 Å². The van der Waals surface area contributed by atoms with E-state index in [0.717, 1.165) is 5.56 Å². The summed E-state index contributed by atoms with van der Waals surface area (Å²) in [7, 11) is 3.17. The van der Waals surface area contributed by atoms with Crippen molar-refractivity contribution >= 4 is 28.5 Å². The Morgan fingerprint density at radius 1 is 0.969 bits per heavy atom. The van der Waals surface area contributed by atoms with Crippen LogP contribution in [0.25, 0.3) is 22.4 Å². The second-order valence-electron chi connectivity index (χ2n) is 7.11. The highest BCUT2D eigenvalue weighted by molar-refractivity contribution is 6.06. The fraction of sp³-hybridized carbons (Fsp3) is 0.125. The highest BCUT2D eigenvalue weighted by atomic mass is 16.5. The Balaban J connectivity index is 1.71. The van der Waals surface area contributed by atoms with Gasteiger partial charge in [0.05, 0.1) is 25.3 Å². The lowest BCUT2D eigenvalue weighted by Gasteiger charge is -2.09. The summed E-state index contributed by atoms with van der Waals surface area (Å²) in [4.78, 5) is 29.2. The molecule has 1 heterocycles. The predicted molar refractivity (Wildman–Crippen MR) is 122 cm³/mol. The first-order valence-corrected chi connectivity index (χ1v) is 9.87. The molecule has 0 bridgehead atoms. The largest absolute Gasteiger partial charge is 0.497 e. The Kier molecular flexibility index (Phi) is 5.76. The molecule has 0 saturated heterocycles. The first-order valence-electron chi connectivity index (χ1n) is 9.87. The minimum absolute atomic E-state index is 0.0412. The summed E-state index contributed by atoms with van der Waals surface area (Å²) >= 11 is 0. The van der Waals surface area contributed by atoms with Gasteiger partial charge in [-0.05, 0) is 54.6 Å². The van der Waals surface area contributed by atoms with Crippen molar-refractivity contribution in [3.8, 4) is 22.9 Å². The van der Waals surface area contributed by atoms with E-state index in [2.05, 4.69) is 10.3 Å². The fourth-order valence-electron chi connectivity index (χ4n) is 3.45. The van der Waals surface area contributed by atoms with E-state index >= 15 is 0 Å². The molecule has 0 fully saturated rings. The second kappa shape index (κ2) is 8.81. The number of carbonyl (C=O) groups excluding carboxylic acids is 2. The summed E-state index contributed by atoms with van der Waals surface area (Å²) in [5.74, 6) is 1.17. The third kappa shape index (κ3) is 4.24. The first-order chi connectivity index (χ1) is 15.5. The van der Waals surface area contributed by atoms with Crippen molar-refractivity contribution in [3.05, 3.63) is 72.3 Å². The number of fused-ring (bicyclic) bond motifs is 1. The lowest BCUT2D eigenvalue weighted by atomic mass is 10.1. The number of nitrogens with zero attached hydrogens (tertiary/aromatic N) is 2. The molecule has 4 aromatic rings. The molecule has 0 aliphatic rings. The number of carbonyl (C=O) groups is 2. The number of benzene rings is 3. The molecule has 0 radical (unpaired) electrons. The number of hydrogen-bond acceptors (Lipinski definition) is 5.